The minimum atomic E-state index is -0.284. The highest BCUT2D eigenvalue weighted by atomic mass is 32.1. The van der Waals surface area contributed by atoms with Crippen molar-refractivity contribution in [1.82, 2.24) is 0 Å². The van der Waals surface area contributed by atoms with Gasteiger partial charge in [-0.25, -0.2) is 4.79 Å². The van der Waals surface area contributed by atoms with Gasteiger partial charge >= 0.3 is 5.97 Å². The van der Waals surface area contributed by atoms with Gasteiger partial charge in [0.25, 0.3) is 0 Å². The number of carbonyl (C=O) groups excluding carboxylic acids is 1. The summed E-state index contributed by atoms with van der Waals surface area (Å²) in [4.78, 5) is 13.8. The summed E-state index contributed by atoms with van der Waals surface area (Å²) in [5.41, 5.74) is 5.34. The predicted molar refractivity (Wildman–Crippen MR) is 122 cm³/mol. The van der Waals surface area contributed by atoms with Crippen LogP contribution in [0, 0.1) is 0 Å². The fourth-order valence-electron chi connectivity index (χ4n) is 3.80. The molecular weight excluding hydrogens is 388 g/mol. The normalized spacial score (nSPS) is 13.4. The standard InChI is InChI=1S/C22H28N2O2S2/c1-4-14-10-9-11-15(5-2)19(14)23-22(27)24-20-18(21(25)26-3)16-12-7-6-8-13-17(16)28-20/h9-11H,4-8,12-13H2,1-3H3,(H2,23,24,27). The number of hydrogen-bond donors (Lipinski definition) is 2. The van der Waals surface area contributed by atoms with E-state index in [-0.39, 0.29) is 5.97 Å². The van der Waals surface area contributed by atoms with Crippen molar-refractivity contribution in [3.8, 4) is 0 Å². The first kappa shape index (κ1) is 20.8. The Balaban J connectivity index is 1.88. The fourth-order valence-corrected chi connectivity index (χ4v) is 5.35. The molecule has 0 atom stereocenters. The van der Waals surface area contributed by atoms with E-state index in [1.54, 1.807) is 11.3 Å². The van der Waals surface area contributed by atoms with Crippen LogP contribution in [0.3, 0.4) is 0 Å². The van der Waals surface area contributed by atoms with Crippen LogP contribution in [-0.2, 0) is 30.4 Å². The van der Waals surface area contributed by atoms with Crippen molar-refractivity contribution in [1.29, 1.82) is 0 Å². The summed E-state index contributed by atoms with van der Waals surface area (Å²) >= 11 is 7.25. The number of thiocarbonyl (C=S) groups is 1. The lowest BCUT2D eigenvalue weighted by molar-refractivity contribution is 0.0601. The molecule has 0 saturated carbocycles. The average Bonchev–Trinajstić information content (AvgIpc) is 2.87. The van der Waals surface area contributed by atoms with Gasteiger partial charge in [-0.2, -0.15) is 0 Å². The van der Waals surface area contributed by atoms with E-state index in [1.807, 2.05) is 0 Å². The van der Waals surface area contributed by atoms with E-state index in [9.17, 15) is 4.79 Å². The summed E-state index contributed by atoms with van der Waals surface area (Å²) in [5.74, 6) is -0.284. The minimum Gasteiger partial charge on any atom is -0.465 e. The number of thiophene rings is 1. The fraction of sp³-hybridized carbons (Fsp3) is 0.455. The van der Waals surface area contributed by atoms with Crippen LogP contribution in [0.25, 0.3) is 0 Å². The third-order valence-electron chi connectivity index (χ3n) is 5.28. The lowest BCUT2D eigenvalue weighted by Crippen LogP contribution is -2.22. The van der Waals surface area contributed by atoms with Crippen molar-refractivity contribution in [3.63, 3.8) is 0 Å². The SMILES string of the molecule is CCc1cccc(CC)c1NC(=S)Nc1sc2c(c1C(=O)OC)CCCCC2. The highest BCUT2D eigenvalue weighted by Crippen LogP contribution is 2.38. The van der Waals surface area contributed by atoms with Crippen molar-refractivity contribution < 1.29 is 9.53 Å². The number of benzene rings is 1. The molecule has 0 spiro atoms. The number of hydrogen-bond acceptors (Lipinski definition) is 4. The first-order chi connectivity index (χ1) is 13.6. The molecule has 1 heterocycles. The number of fused-ring (bicyclic) bond motifs is 1. The number of para-hydroxylation sites is 1. The largest absolute Gasteiger partial charge is 0.465 e. The summed E-state index contributed by atoms with van der Waals surface area (Å²) in [7, 11) is 1.44. The quantitative estimate of drug-likeness (QED) is 0.370. The number of carbonyl (C=O) groups is 1. The van der Waals surface area contributed by atoms with Crippen LogP contribution in [0.15, 0.2) is 18.2 Å². The van der Waals surface area contributed by atoms with Crippen molar-refractivity contribution in [2.24, 2.45) is 0 Å². The lowest BCUT2D eigenvalue weighted by atomic mass is 10.0. The molecule has 28 heavy (non-hydrogen) atoms. The molecule has 1 aliphatic carbocycles. The minimum absolute atomic E-state index is 0.284. The Labute approximate surface area is 176 Å². The third-order valence-corrected chi connectivity index (χ3v) is 6.69. The van der Waals surface area contributed by atoms with Gasteiger partial charge < -0.3 is 15.4 Å². The number of rotatable bonds is 5. The topological polar surface area (TPSA) is 50.4 Å². The van der Waals surface area contributed by atoms with Gasteiger partial charge in [-0.15, -0.1) is 11.3 Å². The number of anilines is 2. The van der Waals surface area contributed by atoms with Gasteiger partial charge in [0.15, 0.2) is 5.11 Å². The number of nitrogens with one attached hydrogen (secondary N) is 2. The summed E-state index contributed by atoms with van der Waals surface area (Å²) in [6.45, 7) is 4.28. The Kier molecular flexibility index (Phi) is 7.08. The Bertz CT molecular complexity index is 851. The summed E-state index contributed by atoms with van der Waals surface area (Å²) in [6, 6.07) is 6.33. The molecule has 1 aromatic carbocycles. The zero-order valence-electron chi connectivity index (χ0n) is 16.8. The second-order valence-corrected chi connectivity index (χ2v) is 8.51. The van der Waals surface area contributed by atoms with Crippen LogP contribution in [0.2, 0.25) is 0 Å². The summed E-state index contributed by atoms with van der Waals surface area (Å²) in [5, 5.41) is 7.98. The molecule has 2 N–H and O–H groups in total. The molecule has 0 saturated heterocycles. The number of esters is 1. The molecule has 0 unspecified atom stereocenters. The monoisotopic (exact) mass is 416 g/mol. The van der Waals surface area contributed by atoms with Crippen LogP contribution in [0.1, 0.15) is 65.0 Å². The van der Waals surface area contributed by atoms with Gasteiger partial charge in [0, 0.05) is 10.6 Å². The van der Waals surface area contributed by atoms with E-state index < -0.39 is 0 Å². The zero-order chi connectivity index (χ0) is 20.1. The van der Waals surface area contributed by atoms with Gasteiger partial charge in [0.2, 0.25) is 0 Å². The molecule has 6 heteroatoms. The molecule has 0 radical (unpaired) electrons. The average molecular weight is 417 g/mol. The van der Waals surface area contributed by atoms with E-state index >= 15 is 0 Å². The Morgan fingerprint density at radius 3 is 2.43 bits per heavy atom. The maximum atomic E-state index is 12.5. The number of ether oxygens (including phenoxy) is 1. The zero-order valence-corrected chi connectivity index (χ0v) is 18.4. The maximum absolute atomic E-state index is 12.5. The molecule has 1 aliphatic rings. The van der Waals surface area contributed by atoms with E-state index in [4.69, 9.17) is 17.0 Å². The smallest absolute Gasteiger partial charge is 0.341 e. The molecule has 3 rings (SSSR count). The molecule has 1 aromatic heterocycles. The molecule has 0 amide bonds. The molecule has 0 bridgehead atoms. The Morgan fingerprint density at radius 2 is 1.79 bits per heavy atom. The maximum Gasteiger partial charge on any atom is 0.341 e. The van der Waals surface area contributed by atoms with Crippen molar-refractivity contribution >= 4 is 45.3 Å². The first-order valence-electron chi connectivity index (χ1n) is 10.0. The van der Waals surface area contributed by atoms with Gasteiger partial charge in [-0.3, -0.25) is 0 Å². The second-order valence-electron chi connectivity index (χ2n) is 7.00. The third kappa shape index (κ3) is 4.39. The summed E-state index contributed by atoms with van der Waals surface area (Å²) < 4.78 is 5.08. The Morgan fingerprint density at radius 1 is 1.11 bits per heavy atom. The predicted octanol–water partition coefficient (Wildman–Crippen LogP) is 5.74. The molecule has 0 fully saturated rings. The van der Waals surface area contributed by atoms with Crippen LogP contribution < -0.4 is 10.6 Å². The van der Waals surface area contributed by atoms with E-state index in [0.717, 1.165) is 48.4 Å². The van der Waals surface area contributed by atoms with E-state index in [1.165, 1.54) is 36.0 Å². The van der Waals surface area contributed by atoms with Gasteiger partial charge in [0.1, 0.15) is 5.00 Å². The molecule has 2 aromatic rings. The van der Waals surface area contributed by atoms with Crippen molar-refractivity contribution in [3.05, 3.63) is 45.3 Å². The number of aryl methyl sites for hydroxylation is 3. The van der Waals surface area contributed by atoms with E-state index in [2.05, 4.69) is 42.7 Å². The number of methoxy groups -OCH3 is 1. The second kappa shape index (κ2) is 9.52. The summed E-state index contributed by atoms with van der Waals surface area (Å²) in [6.07, 6.45) is 7.29. The van der Waals surface area contributed by atoms with Crippen LogP contribution in [0.4, 0.5) is 10.7 Å². The molecule has 150 valence electrons. The van der Waals surface area contributed by atoms with Gasteiger partial charge in [0.05, 0.1) is 12.7 Å². The highest BCUT2D eigenvalue weighted by molar-refractivity contribution is 7.80. The lowest BCUT2D eigenvalue weighted by Gasteiger charge is -2.17. The highest BCUT2D eigenvalue weighted by Gasteiger charge is 2.26. The van der Waals surface area contributed by atoms with Crippen LogP contribution in [0.5, 0.6) is 0 Å². The van der Waals surface area contributed by atoms with Crippen LogP contribution in [-0.4, -0.2) is 18.2 Å². The first-order valence-corrected chi connectivity index (χ1v) is 11.2. The van der Waals surface area contributed by atoms with Gasteiger partial charge in [-0.1, -0.05) is 38.5 Å². The van der Waals surface area contributed by atoms with E-state index in [0.29, 0.717) is 10.7 Å². The van der Waals surface area contributed by atoms with Crippen molar-refractivity contribution in [2.75, 3.05) is 17.7 Å². The van der Waals surface area contributed by atoms with Crippen LogP contribution >= 0.6 is 23.6 Å². The Hall–Kier alpha value is -1.92. The molecule has 4 nitrogen and oxygen atoms in total. The molecule has 0 aliphatic heterocycles. The molecular formula is C22H28N2O2S2. The van der Waals surface area contributed by atoms with Crippen molar-refractivity contribution in [2.45, 2.75) is 58.8 Å². The van der Waals surface area contributed by atoms with Gasteiger partial charge in [-0.05, 0) is 67.4 Å².